The van der Waals surface area contributed by atoms with Gasteiger partial charge in [0.1, 0.15) is 17.9 Å². The van der Waals surface area contributed by atoms with Crippen LogP contribution in [0.3, 0.4) is 0 Å². The van der Waals surface area contributed by atoms with Crippen molar-refractivity contribution in [1.82, 2.24) is 25.4 Å². The summed E-state index contributed by atoms with van der Waals surface area (Å²) in [6.07, 6.45) is 2.83. The number of nitrogens with one attached hydrogen (secondary N) is 2. The minimum Gasteiger partial charge on any atom is -0.491 e. The summed E-state index contributed by atoms with van der Waals surface area (Å²) in [4.78, 5) is 4.25. The largest absolute Gasteiger partial charge is 0.491 e. The predicted molar refractivity (Wildman–Crippen MR) is 99.8 cm³/mol. The molecule has 0 aliphatic rings. The number of hydrogen-bond donors (Lipinski definition) is 2. The maximum atomic E-state index is 5.65. The number of hydrogen-bond acceptors (Lipinski definition) is 4. The molecule has 0 aliphatic heterocycles. The molecule has 7 heteroatoms. The molecule has 0 saturated heterocycles. The minimum absolute atomic E-state index is 0.186. The molecule has 0 amide bonds. The minimum atomic E-state index is 0.186. The molecule has 0 aliphatic carbocycles. The van der Waals surface area contributed by atoms with Crippen LogP contribution in [-0.4, -0.2) is 40.4 Å². The van der Waals surface area contributed by atoms with Gasteiger partial charge in [0, 0.05) is 33.1 Å². The summed E-state index contributed by atoms with van der Waals surface area (Å²) in [5.41, 5.74) is 1.17. The van der Waals surface area contributed by atoms with Crippen molar-refractivity contribution in [2.45, 2.75) is 46.4 Å². The number of aryl methyl sites for hydroxylation is 1. The fourth-order valence-electron chi connectivity index (χ4n) is 2.40. The summed E-state index contributed by atoms with van der Waals surface area (Å²) < 4.78 is 7.70. The van der Waals surface area contributed by atoms with E-state index in [1.165, 1.54) is 5.56 Å². The Labute approximate surface area is 149 Å². The first-order valence-corrected chi connectivity index (χ1v) is 8.69. The number of guanidine groups is 1. The van der Waals surface area contributed by atoms with Gasteiger partial charge in [0.15, 0.2) is 5.96 Å². The maximum Gasteiger partial charge on any atom is 0.191 e. The lowest BCUT2D eigenvalue weighted by atomic mass is 10.2. The Morgan fingerprint density at radius 3 is 2.64 bits per heavy atom. The summed E-state index contributed by atoms with van der Waals surface area (Å²) in [6.45, 7) is 8.38. The van der Waals surface area contributed by atoms with Gasteiger partial charge in [-0.15, -0.1) is 10.2 Å². The van der Waals surface area contributed by atoms with Crippen molar-refractivity contribution in [2.75, 3.05) is 13.6 Å². The van der Waals surface area contributed by atoms with Gasteiger partial charge in [-0.25, -0.2) is 0 Å². The highest BCUT2D eigenvalue weighted by Gasteiger charge is 2.03. The summed E-state index contributed by atoms with van der Waals surface area (Å²) in [6, 6.07) is 8.10. The van der Waals surface area contributed by atoms with Crippen LogP contribution >= 0.6 is 0 Å². The molecule has 2 N–H and O–H groups in total. The molecule has 2 rings (SSSR count). The summed E-state index contributed by atoms with van der Waals surface area (Å²) in [5, 5.41) is 14.6. The lowest BCUT2D eigenvalue weighted by molar-refractivity contribution is 0.242. The van der Waals surface area contributed by atoms with E-state index in [0.717, 1.165) is 37.0 Å². The van der Waals surface area contributed by atoms with E-state index in [0.29, 0.717) is 6.54 Å². The van der Waals surface area contributed by atoms with E-state index in [1.807, 2.05) is 30.5 Å². The van der Waals surface area contributed by atoms with E-state index in [2.05, 4.69) is 44.9 Å². The normalized spacial score (nSPS) is 11.6. The van der Waals surface area contributed by atoms with Crippen molar-refractivity contribution in [1.29, 1.82) is 0 Å². The van der Waals surface area contributed by atoms with Crippen molar-refractivity contribution < 1.29 is 4.74 Å². The fourth-order valence-corrected chi connectivity index (χ4v) is 2.40. The number of nitrogens with zero attached hydrogens (tertiary/aromatic N) is 4. The average Bonchev–Trinajstić information content (AvgIpc) is 3.06. The Morgan fingerprint density at radius 2 is 2.00 bits per heavy atom. The molecule has 1 aromatic heterocycles. The maximum absolute atomic E-state index is 5.65. The molecule has 0 unspecified atom stereocenters. The first-order chi connectivity index (χ1) is 12.1. The SMILES string of the molecule is CCc1nncn1CCNC(=NC)NCc1ccc(OC(C)C)cc1. The highest BCUT2D eigenvalue weighted by atomic mass is 16.5. The monoisotopic (exact) mass is 344 g/mol. The average molecular weight is 344 g/mol. The Bertz CT molecular complexity index is 662. The van der Waals surface area contributed by atoms with Crippen LogP contribution in [0.5, 0.6) is 5.75 Å². The topological polar surface area (TPSA) is 76.4 Å². The van der Waals surface area contributed by atoms with E-state index >= 15 is 0 Å². The Hall–Kier alpha value is -2.57. The van der Waals surface area contributed by atoms with Crippen LogP contribution in [0.2, 0.25) is 0 Å². The van der Waals surface area contributed by atoms with E-state index < -0.39 is 0 Å². The van der Waals surface area contributed by atoms with Crippen LogP contribution in [0.4, 0.5) is 0 Å². The molecule has 0 atom stereocenters. The first kappa shape index (κ1) is 18.8. The van der Waals surface area contributed by atoms with Crippen molar-refractivity contribution in [3.05, 3.63) is 42.0 Å². The van der Waals surface area contributed by atoms with Crippen LogP contribution in [0.15, 0.2) is 35.6 Å². The predicted octanol–water partition coefficient (Wildman–Crippen LogP) is 1.99. The van der Waals surface area contributed by atoms with Crippen LogP contribution in [-0.2, 0) is 19.5 Å². The van der Waals surface area contributed by atoms with E-state index in [4.69, 9.17) is 4.74 Å². The zero-order valence-electron chi connectivity index (χ0n) is 15.5. The van der Waals surface area contributed by atoms with Gasteiger partial charge in [0.25, 0.3) is 0 Å². The second-order valence-corrected chi connectivity index (χ2v) is 5.96. The van der Waals surface area contributed by atoms with Gasteiger partial charge in [0.2, 0.25) is 0 Å². The molecule has 2 aromatic rings. The Kier molecular flexibility index (Phi) is 7.25. The van der Waals surface area contributed by atoms with E-state index in [9.17, 15) is 0 Å². The van der Waals surface area contributed by atoms with Crippen LogP contribution in [0.1, 0.15) is 32.2 Å². The molecule has 7 nitrogen and oxygen atoms in total. The zero-order valence-corrected chi connectivity index (χ0v) is 15.5. The van der Waals surface area contributed by atoms with Gasteiger partial charge in [0.05, 0.1) is 6.10 Å². The van der Waals surface area contributed by atoms with Gasteiger partial charge in [-0.3, -0.25) is 4.99 Å². The van der Waals surface area contributed by atoms with Crippen molar-refractivity contribution in [2.24, 2.45) is 4.99 Å². The van der Waals surface area contributed by atoms with E-state index in [1.54, 1.807) is 13.4 Å². The molecule has 1 aromatic carbocycles. The van der Waals surface area contributed by atoms with Crippen molar-refractivity contribution in [3.8, 4) is 5.75 Å². The van der Waals surface area contributed by atoms with E-state index in [-0.39, 0.29) is 6.10 Å². The van der Waals surface area contributed by atoms with Gasteiger partial charge in [-0.1, -0.05) is 19.1 Å². The van der Waals surface area contributed by atoms with Gasteiger partial charge in [-0.05, 0) is 31.5 Å². The first-order valence-electron chi connectivity index (χ1n) is 8.69. The Morgan fingerprint density at radius 1 is 1.24 bits per heavy atom. The molecule has 136 valence electrons. The third kappa shape index (κ3) is 6.10. The number of aliphatic imine (C=N–C) groups is 1. The van der Waals surface area contributed by atoms with Crippen LogP contribution in [0, 0.1) is 0 Å². The third-order valence-corrected chi connectivity index (χ3v) is 3.64. The molecule has 0 radical (unpaired) electrons. The smallest absolute Gasteiger partial charge is 0.191 e. The van der Waals surface area contributed by atoms with Crippen LogP contribution < -0.4 is 15.4 Å². The summed E-state index contributed by atoms with van der Waals surface area (Å²) in [7, 11) is 1.77. The van der Waals surface area contributed by atoms with Gasteiger partial charge >= 0.3 is 0 Å². The third-order valence-electron chi connectivity index (χ3n) is 3.64. The van der Waals surface area contributed by atoms with Crippen molar-refractivity contribution in [3.63, 3.8) is 0 Å². The molecule has 1 heterocycles. The van der Waals surface area contributed by atoms with Crippen molar-refractivity contribution >= 4 is 5.96 Å². The molecule has 0 bridgehead atoms. The van der Waals surface area contributed by atoms with Crippen LogP contribution in [0.25, 0.3) is 0 Å². The number of rotatable bonds is 8. The van der Waals surface area contributed by atoms with Gasteiger partial charge < -0.3 is 19.9 Å². The highest BCUT2D eigenvalue weighted by molar-refractivity contribution is 5.79. The lowest BCUT2D eigenvalue weighted by Gasteiger charge is -2.13. The summed E-state index contributed by atoms with van der Waals surface area (Å²) >= 11 is 0. The number of benzene rings is 1. The molecule has 25 heavy (non-hydrogen) atoms. The standard InChI is InChI=1S/C18H28N6O/c1-5-17-23-22-13-24(17)11-10-20-18(19-4)21-12-15-6-8-16(9-7-15)25-14(2)3/h6-9,13-14H,5,10-12H2,1-4H3,(H2,19,20,21). The highest BCUT2D eigenvalue weighted by Crippen LogP contribution is 2.13. The number of ether oxygens (including phenoxy) is 1. The lowest BCUT2D eigenvalue weighted by Crippen LogP contribution is -2.38. The summed E-state index contributed by atoms with van der Waals surface area (Å²) in [5.74, 6) is 2.66. The molecule has 0 saturated carbocycles. The quantitative estimate of drug-likeness (QED) is 0.566. The number of aromatic nitrogens is 3. The molecule has 0 fully saturated rings. The second kappa shape index (κ2) is 9.66. The second-order valence-electron chi connectivity index (χ2n) is 5.96. The molecular weight excluding hydrogens is 316 g/mol. The molecular formula is C18H28N6O. The van der Waals surface area contributed by atoms with Gasteiger partial charge in [-0.2, -0.15) is 0 Å². The Balaban J connectivity index is 1.76. The zero-order chi connectivity index (χ0) is 18.1. The molecule has 0 spiro atoms. The fraction of sp³-hybridized carbons (Fsp3) is 0.500.